The van der Waals surface area contributed by atoms with Crippen LogP contribution in [0.1, 0.15) is 21.5 Å². The molecule has 1 heterocycles. The van der Waals surface area contributed by atoms with E-state index in [1.165, 1.54) is 18.5 Å². The van der Waals surface area contributed by atoms with Crippen molar-refractivity contribution in [3.63, 3.8) is 0 Å². The van der Waals surface area contributed by atoms with E-state index in [-0.39, 0.29) is 24.5 Å². The Morgan fingerprint density at radius 3 is 2.47 bits per heavy atom. The number of benzene rings is 1. The molecule has 2 N–H and O–H groups in total. The zero-order valence-corrected chi connectivity index (χ0v) is 10.1. The van der Waals surface area contributed by atoms with E-state index in [4.69, 9.17) is 14.9 Å². The van der Waals surface area contributed by atoms with Crippen LogP contribution >= 0.6 is 0 Å². The van der Waals surface area contributed by atoms with Crippen molar-refractivity contribution < 1.29 is 19.7 Å². The highest BCUT2D eigenvalue weighted by Gasteiger charge is 2.10. The summed E-state index contributed by atoms with van der Waals surface area (Å²) in [6, 6.07) is 8.62. The smallest absolute Gasteiger partial charge is 0.339 e. The zero-order valence-electron chi connectivity index (χ0n) is 10.1. The highest BCUT2D eigenvalue weighted by atomic mass is 16.5. The molecule has 98 valence electrons. The van der Waals surface area contributed by atoms with Crippen LogP contribution in [-0.2, 0) is 13.2 Å². The molecule has 5 nitrogen and oxygen atoms in total. The highest BCUT2D eigenvalue weighted by molar-refractivity contribution is 5.90. The van der Waals surface area contributed by atoms with Gasteiger partial charge in [0, 0.05) is 6.20 Å². The number of hydrogen-bond donors (Lipinski definition) is 2. The number of nitrogens with zero attached hydrogens (tertiary/aromatic N) is 1. The molecule has 0 radical (unpaired) electrons. The Kier molecular flexibility index (Phi) is 4.10. The number of aliphatic hydroxyl groups excluding tert-OH is 1. The summed E-state index contributed by atoms with van der Waals surface area (Å²) in [6.45, 7) is 0.241. The molecule has 0 saturated heterocycles. The number of ether oxygens (including phenoxy) is 1. The molecule has 1 aromatic carbocycles. The van der Waals surface area contributed by atoms with Crippen LogP contribution in [0, 0.1) is 0 Å². The second-order valence-electron chi connectivity index (χ2n) is 3.94. The normalized spacial score (nSPS) is 10.2. The van der Waals surface area contributed by atoms with Crippen molar-refractivity contribution in [2.24, 2.45) is 0 Å². The lowest BCUT2D eigenvalue weighted by atomic mass is 10.1. The Morgan fingerprint density at radius 1 is 1.16 bits per heavy atom. The molecule has 0 fully saturated rings. The molecule has 0 aliphatic heterocycles. The van der Waals surface area contributed by atoms with Crippen molar-refractivity contribution in [2.75, 3.05) is 0 Å². The summed E-state index contributed by atoms with van der Waals surface area (Å²) in [5, 5.41) is 17.9. The lowest BCUT2D eigenvalue weighted by Gasteiger charge is -2.08. The van der Waals surface area contributed by atoms with Crippen molar-refractivity contribution in [2.45, 2.75) is 13.2 Å². The van der Waals surface area contributed by atoms with Crippen LogP contribution in [-0.4, -0.2) is 21.2 Å². The molecule has 0 unspecified atom stereocenters. The van der Waals surface area contributed by atoms with E-state index in [2.05, 4.69) is 4.98 Å². The lowest BCUT2D eigenvalue weighted by Crippen LogP contribution is -2.03. The van der Waals surface area contributed by atoms with E-state index in [9.17, 15) is 4.79 Å². The summed E-state index contributed by atoms with van der Waals surface area (Å²) < 4.78 is 5.45. The van der Waals surface area contributed by atoms with Crippen LogP contribution in [0.15, 0.2) is 42.7 Å². The van der Waals surface area contributed by atoms with Gasteiger partial charge in [0.2, 0.25) is 0 Å². The van der Waals surface area contributed by atoms with Gasteiger partial charge < -0.3 is 14.9 Å². The topological polar surface area (TPSA) is 79.7 Å². The Balaban J connectivity index is 2.07. The van der Waals surface area contributed by atoms with E-state index >= 15 is 0 Å². The number of aromatic nitrogens is 1. The number of aliphatic hydroxyl groups is 1. The minimum absolute atomic E-state index is 0.00704. The van der Waals surface area contributed by atoms with Gasteiger partial charge in [-0.05, 0) is 17.2 Å². The first kappa shape index (κ1) is 13.0. The molecule has 0 bridgehead atoms. The average molecular weight is 259 g/mol. The van der Waals surface area contributed by atoms with E-state index < -0.39 is 5.97 Å². The molecular formula is C14H13NO4. The van der Waals surface area contributed by atoms with Gasteiger partial charge in [-0.3, -0.25) is 4.98 Å². The Labute approximate surface area is 110 Å². The number of carbonyl (C=O) groups is 1. The zero-order chi connectivity index (χ0) is 13.7. The predicted octanol–water partition coefficient (Wildman–Crippen LogP) is 1.85. The second-order valence-corrected chi connectivity index (χ2v) is 3.94. The maximum atomic E-state index is 11.0. The van der Waals surface area contributed by atoms with Gasteiger partial charge in [0.15, 0.2) is 5.75 Å². The Bertz CT molecular complexity index is 566. The van der Waals surface area contributed by atoms with Crippen LogP contribution in [0.25, 0.3) is 0 Å². The summed E-state index contributed by atoms with van der Waals surface area (Å²) in [6.07, 6.45) is 2.79. The second kappa shape index (κ2) is 5.97. The molecule has 0 atom stereocenters. The van der Waals surface area contributed by atoms with Gasteiger partial charge in [-0.25, -0.2) is 4.79 Å². The molecule has 19 heavy (non-hydrogen) atoms. The van der Waals surface area contributed by atoms with Crippen LogP contribution in [0.3, 0.4) is 0 Å². The molecule has 0 saturated carbocycles. The molecular weight excluding hydrogens is 246 g/mol. The minimum atomic E-state index is -1.05. The Hall–Kier alpha value is -2.40. The minimum Gasteiger partial charge on any atom is -0.486 e. The maximum absolute atomic E-state index is 11.0. The lowest BCUT2D eigenvalue weighted by molar-refractivity contribution is 0.0691. The third-order valence-corrected chi connectivity index (χ3v) is 2.61. The summed E-state index contributed by atoms with van der Waals surface area (Å²) in [4.78, 5) is 14.8. The van der Waals surface area contributed by atoms with Crippen LogP contribution in [0.4, 0.5) is 0 Å². The largest absolute Gasteiger partial charge is 0.486 e. The fourth-order valence-corrected chi connectivity index (χ4v) is 1.57. The molecule has 2 aromatic rings. The summed E-state index contributed by atoms with van der Waals surface area (Å²) >= 11 is 0. The summed E-state index contributed by atoms with van der Waals surface area (Å²) in [5.74, 6) is -0.811. The number of carboxylic acids is 1. The number of carboxylic acid groups (broad SMARTS) is 1. The molecule has 1 aromatic heterocycles. The van der Waals surface area contributed by atoms with Gasteiger partial charge in [0.05, 0.1) is 12.8 Å². The van der Waals surface area contributed by atoms with Gasteiger partial charge in [0.1, 0.15) is 12.2 Å². The van der Waals surface area contributed by atoms with Crippen LogP contribution < -0.4 is 4.74 Å². The van der Waals surface area contributed by atoms with Crippen molar-refractivity contribution in [3.8, 4) is 5.75 Å². The van der Waals surface area contributed by atoms with E-state index in [0.717, 1.165) is 11.1 Å². The molecule has 2 rings (SSSR count). The fraction of sp³-hybridized carbons (Fsp3) is 0.143. The van der Waals surface area contributed by atoms with Crippen molar-refractivity contribution >= 4 is 5.97 Å². The van der Waals surface area contributed by atoms with Gasteiger partial charge >= 0.3 is 5.97 Å². The summed E-state index contributed by atoms with van der Waals surface area (Å²) in [5.41, 5.74) is 1.79. The number of rotatable bonds is 5. The molecule has 0 spiro atoms. The van der Waals surface area contributed by atoms with Gasteiger partial charge in [-0.15, -0.1) is 0 Å². The SMILES string of the molecule is O=C(O)c1ccncc1OCc1ccc(CO)cc1. The highest BCUT2D eigenvalue weighted by Crippen LogP contribution is 2.18. The number of hydrogen-bond acceptors (Lipinski definition) is 4. The Morgan fingerprint density at radius 2 is 1.84 bits per heavy atom. The first-order valence-electron chi connectivity index (χ1n) is 5.69. The quantitative estimate of drug-likeness (QED) is 0.856. The maximum Gasteiger partial charge on any atom is 0.339 e. The van der Waals surface area contributed by atoms with Gasteiger partial charge in [-0.1, -0.05) is 24.3 Å². The monoisotopic (exact) mass is 259 g/mol. The third kappa shape index (κ3) is 3.29. The summed E-state index contributed by atoms with van der Waals surface area (Å²) in [7, 11) is 0. The van der Waals surface area contributed by atoms with E-state index in [1.807, 2.05) is 12.1 Å². The number of aromatic carboxylic acids is 1. The van der Waals surface area contributed by atoms with Gasteiger partial charge in [-0.2, -0.15) is 0 Å². The average Bonchev–Trinajstić information content (AvgIpc) is 2.46. The fourth-order valence-electron chi connectivity index (χ4n) is 1.57. The number of pyridine rings is 1. The molecule has 0 amide bonds. The molecule has 0 aliphatic rings. The van der Waals surface area contributed by atoms with Crippen LogP contribution in [0.2, 0.25) is 0 Å². The first-order valence-corrected chi connectivity index (χ1v) is 5.69. The van der Waals surface area contributed by atoms with Crippen molar-refractivity contribution in [1.29, 1.82) is 0 Å². The predicted molar refractivity (Wildman–Crippen MR) is 67.9 cm³/mol. The molecule has 5 heteroatoms. The molecule has 0 aliphatic carbocycles. The van der Waals surface area contributed by atoms with Crippen molar-refractivity contribution in [3.05, 3.63) is 59.4 Å². The van der Waals surface area contributed by atoms with Crippen LogP contribution in [0.5, 0.6) is 5.75 Å². The van der Waals surface area contributed by atoms with E-state index in [0.29, 0.717) is 0 Å². The first-order chi connectivity index (χ1) is 9.20. The van der Waals surface area contributed by atoms with E-state index in [1.54, 1.807) is 12.1 Å². The van der Waals surface area contributed by atoms with Gasteiger partial charge in [0.25, 0.3) is 0 Å². The van der Waals surface area contributed by atoms with Crippen molar-refractivity contribution in [1.82, 2.24) is 4.98 Å². The third-order valence-electron chi connectivity index (χ3n) is 2.61. The standard InChI is InChI=1S/C14H13NO4/c16-8-10-1-3-11(4-2-10)9-19-13-7-15-6-5-12(13)14(17)18/h1-7,16H,8-9H2,(H,17,18).